The summed E-state index contributed by atoms with van der Waals surface area (Å²) in [6.45, 7) is 0. The summed E-state index contributed by atoms with van der Waals surface area (Å²) in [6, 6.07) is 1.64. The average Bonchev–Trinajstić information content (AvgIpc) is 2.34. The quantitative estimate of drug-likeness (QED) is 0.760. The number of nitrogens with zero attached hydrogens (tertiary/aromatic N) is 2. The Hall–Kier alpha value is -0.840. The maximum Gasteiger partial charge on any atom is 0.273 e. The normalized spacial score (nSPS) is 9.73. The summed E-state index contributed by atoms with van der Waals surface area (Å²) in [5.74, 6) is -0.105. The molecule has 1 rings (SSSR count). The molecule has 0 spiro atoms. The minimum absolute atomic E-state index is 0.105. The minimum Gasteiger partial charge on any atom is -0.343 e. The summed E-state index contributed by atoms with van der Waals surface area (Å²) in [6.07, 6.45) is 0. The molecule has 0 bridgehead atoms. The zero-order chi connectivity index (χ0) is 8.43. The van der Waals surface area contributed by atoms with E-state index in [1.165, 1.54) is 4.90 Å². The van der Waals surface area contributed by atoms with Gasteiger partial charge in [0.25, 0.3) is 5.91 Å². The van der Waals surface area contributed by atoms with E-state index in [0.29, 0.717) is 10.3 Å². The Labute approximate surface area is 72.7 Å². The van der Waals surface area contributed by atoms with Crippen LogP contribution < -0.4 is 0 Å². The number of nitrogens with one attached hydrogen (secondary N) is 1. The van der Waals surface area contributed by atoms with Gasteiger partial charge >= 0.3 is 0 Å². The lowest BCUT2D eigenvalue weighted by Crippen LogP contribution is -2.21. The number of hydrogen-bond donors (Lipinski definition) is 1. The number of amides is 1. The number of halogens is 1. The van der Waals surface area contributed by atoms with Gasteiger partial charge in [-0.1, -0.05) is 0 Å². The first-order valence-electron chi connectivity index (χ1n) is 3.04. The Bertz CT molecular complexity index is 269. The van der Waals surface area contributed by atoms with Gasteiger partial charge in [-0.3, -0.25) is 9.89 Å². The Morgan fingerprint density at radius 1 is 1.73 bits per heavy atom. The van der Waals surface area contributed by atoms with Crippen molar-refractivity contribution in [2.75, 3.05) is 14.1 Å². The second-order valence-electron chi connectivity index (χ2n) is 2.30. The molecule has 1 aromatic heterocycles. The van der Waals surface area contributed by atoms with Gasteiger partial charge in [-0.25, -0.2) is 0 Å². The fraction of sp³-hybridized carbons (Fsp3) is 0.333. The molecular formula is C6H8BrN3O. The van der Waals surface area contributed by atoms with Crippen molar-refractivity contribution in [1.29, 1.82) is 0 Å². The Balaban J connectivity index is 2.85. The van der Waals surface area contributed by atoms with Gasteiger partial charge in [-0.05, 0) is 15.9 Å². The maximum absolute atomic E-state index is 11.2. The van der Waals surface area contributed by atoms with Crippen molar-refractivity contribution < 1.29 is 4.79 Å². The van der Waals surface area contributed by atoms with Crippen LogP contribution in [0.15, 0.2) is 10.7 Å². The van der Waals surface area contributed by atoms with Crippen LogP contribution in [0.4, 0.5) is 0 Å². The zero-order valence-electron chi connectivity index (χ0n) is 6.26. The number of carbonyl (C=O) groups excluding carboxylic acids is 1. The van der Waals surface area contributed by atoms with Gasteiger partial charge in [0.05, 0.1) is 0 Å². The topological polar surface area (TPSA) is 49.0 Å². The summed E-state index contributed by atoms with van der Waals surface area (Å²) in [7, 11) is 3.37. The van der Waals surface area contributed by atoms with E-state index in [2.05, 4.69) is 26.1 Å². The molecule has 0 aliphatic rings. The molecule has 0 fully saturated rings. The molecule has 1 N–H and O–H groups in total. The molecule has 60 valence electrons. The van der Waals surface area contributed by atoms with Crippen molar-refractivity contribution in [2.45, 2.75) is 0 Å². The lowest BCUT2D eigenvalue weighted by Gasteiger charge is -2.05. The lowest BCUT2D eigenvalue weighted by atomic mass is 10.4. The molecule has 0 atom stereocenters. The Morgan fingerprint density at radius 3 is 2.73 bits per heavy atom. The highest BCUT2D eigenvalue weighted by Gasteiger charge is 2.10. The largest absolute Gasteiger partial charge is 0.343 e. The van der Waals surface area contributed by atoms with Crippen molar-refractivity contribution in [3.63, 3.8) is 0 Å². The van der Waals surface area contributed by atoms with Crippen LogP contribution in [0.3, 0.4) is 0 Å². The molecule has 4 nitrogen and oxygen atoms in total. The van der Waals surface area contributed by atoms with Crippen LogP contribution in [0.2, 0.25) is 0 Å². The van der Waals surface area contributed by atoms with Gasteiger partial charge in [-0.2, -0.15) is 5.10 Å². The van der Waals surface area contributed by atoms with Crippen LogP contribution in [0.1, 0.15) is 10.5 Å². The molecule has 0 radical (unpaired) electrons. The van der Waals surface area contributed by atoms with Crippen LogP contribution >= 0.6 is 15.9 Å². The molecular weight excluding hydrogens is 210 g/mol. The fourth-order valence-corrected chi connectivity index (χ4v) is 0.942. The van der Waals surface area contributed by atoms with E-state index in [1.807, 2.05) is 0 Å². The predicted octanol–water partition coefficient (Wildman–Crippen LogP) is 0.874. The summed E-state index contributed by atoms with van der Waals surface area (Å²) >= 11 is 3.16. The van der Waals surface area contributed by atoms with Crippen LogP contribution in [0.5, 0.6) is 0 Å². The standard InChI is InChI=1S/C6H8BrN3O/c1-10(2)6(11)4-3-5(7)9-8-4/h3H,1-2H3,(H,8,9). The molecule has 0 aliphatic heterocycles. The molecule has 11 heavy (non-hydrogen) atoms. The van der Waals surface area contributed by atoms with Gasteiger partial charge in [-0.15, -0.1) is 0 Å². The van der Waals surface area contributed by atoms with Gasteiger partial charge in [0, 0.05) is 20.2 Å². The first-order valence-corrected chi connectivity index (χ1v) is 3.83. The smallest absolute Gasteiger partial charge is 0.273 e. The Kier molecular flexibility index (Phi) is 2.28. The lowest BCUT2D eigenvalue weighted by molar-refractivity contribution is 0.0822. The van der Waals surface area contributed by atoms with E-state index in [9.17, 15) is 4.79 Å². The first-order chi connectivity index (χ1) is 5.11. The highest BCUT2D eigenvalue weighted by atomic mass is 79.9. The summed E-state index contributed by atoms with van der Waals surface area (Å²) < 4.78 is 0.711. The van der Waals surface area contributed by atoms with Gasteiger partial charge < -0.3 is 4.90 Å². The molecule has 1 heterocycles. The summed E-state index contributed by atoms with van der Waals surface area (Å²) in [5.41, 5.74) is 0.418. The monoisotopic (exact) mass is 217 g/mol. The van der Waals surface area contributed by atoms with Crippen molar-refractivity contribution >= 4 is 21.8 Å². The number of aromatic nitrogens is 2. The predicted molar refractivity (Wildman–Crippen MR) is 44.3 cm³/mol. The van der Waals surface area contributed by atoms with Crippen LogP contribution in [0.25, 0.3) is 0 Å². The van der Waals surface area contributed by atoms with Crippen LogP contribution in [-0.4, -0.2) is 35.1 Å². The van der Waals surface area contributed by atoms with Crippen molar-refractivity contribution in [3.8, 4) is 0 Å². The SMILES string of the molecule is CN(C)C(=O)c1cc(Br)[nH]n1. The molecule has 1 amide bonds. The maximum atomic E-state index is 11.2. The van der Waals surface area contributed by atoms with E-state index in [1.54, 1.807) is 20.2 Å². The second kappa shape index (κ2) is 3.04. The van der Waals surface area contributed by atoms with E-state index < -0.39 is 0 Å². The zero-order valence-corrected chi connectivity index (χ0v) is 7.84. The van der Waals surface area contributed by atoms with E-state index in [-0.39, 0.29) is 5.91 Å². The molecule has 0 aliphatic carbocycles. The third-order valence-electron chi connectivity index (χ3n) is 1.17. The third-order valence-corrected chi connectivity index (χ3v) is 1.58. The van der Waals surface area contributed by atoms with E-state index in [0.717, 1.165) is 0 Å². The van der Waals surface area contributed by atoms with Crippen molar-refractivity contribution in [3.05, 3.63) is 16.4 Å². The molecule has 0 saturated carbocycles. The fourth-order valence-electron chi connectivity index (χ4n) is 0.637. The first kappa shape index (κ1) is 8.26. The number of carbonyl (C=O) groups is 1. The summed E-state index contributed by atoms with van der Waals surface area (Å²) in [5, 5.41) is 6.40. The van der Waals surface area contributed by atoms with Gasteiger partial charge in [0.2, 0.25) is 0 Å². The van der Waals surface area contributed by atoms with Gasteiger partial charge in [0.15, 0.2) is 5.69 Å². The number of rotatable bonds is 1. The molecule has 5 heteroatoms. The van der Waals surface area contributed by atoms with Gasteiger partial charge in [0.1, 0.15) is 4.60 Å². The highest BCUT2D eigenvalue weighted by molar-refractivity contribution is 9.10. The van der Waals surface area contributed by atoms with Crippen molar-refractivity contribution in [1.82, 2.24) is 15.1 Å². The average molecular weight is 218 g/mol. The third kappa shape index (κ3) is 1.80. The molecule has 0 aromatic carbocycles. The number of aromatic amines is 1. The second-order valence-corrected chi connectivity index (χ2v) is 3.16. The Morgan fingerprint density at radius 2 is 2.36 bits per heavy atom. The van der Waals surface area contributed by atoms with Crippen LogP contribution in [-0.2, 0) is 0 Å². The minimum atomic E-state index is -0.105. The van der Waals surface area contributed by atoms with Crippen molar-refractivity contribution in [2.24, 2.45) is 0 Å². The van der Waals surface area contributed by atoms with E-state index >= 15 is 0 Å². The van der Waals surface area contributed by atoms with Crippen LogP contribution in [0, 0.1) is 0 Å². The summed E-state index contributed by atoms with van der Waals surface area (Å²) in [4.78, 5) is 12.7. The molecule has 0 saturated heterocycles. The number of hydrogen-bond acceptors (Lipinski definition) is 2. The number of H-pyrrole nitrogens is 1. The van der Waals surface area contributed by atoms with E-state index in [4.69, 9.17) is 0 Å². The highest BCUT2D eigenvalue weighted by Crippen LogP contribution is 2.07. The molecule has 0 unspecified atom stereocenters. The molecule has 1 aromatic rings.